The molecule has 1 aromatic heterocycles. The van der Waals surface area contributed by atoms with Crippen LogP contribution < -0.4 is 11.2 Å². The second-order valence-electron chi connectivity index (χ2n) is 6.63. The van der Waals surface area contributed by atoms with Crippen molar-refractivity contribution in [3.05, 3.63) is 68.5 Å². The van der Waals surface area contributed by atoms with Crippen LogP contribution in [0.2, 0.25) is 0 Å². The van der Waals surface area contributed by atoms with E-state index in [9.17, 15) is 29.7 Å². The van der Waals surface area contributed by atoms with E-state index in [-0.39, 0.29) is 11.1 Å². The number of carbonyl (C=O) groups excluding carboxylic acids is 1. The van der Waals surface area contributed by atoms with Crippen molar-refractivity contribution in [1.29, 1.82) is 0 Å². The minimum absolute atomic E-state index is 0.156. The first-order valence-electron chi connectivity index (χ1n) is 9.00. The Balaban J connectivity index is 2.17. The fraction of sp³-hybridized carbons (Fsp3) is 0.421. The van der Waals surface area contributed by atoms with Crippen LogP contribution >= 0.6 is 0 Å². The van der Waals surface area contributed by atoms with Gasteiger partial charge >= 0.3 is 5.69 Å². The zero-order chi connectivity index (χ0) is 20.4. The van der Waals surface area contributed by atoms with E-state index < -0.39 is 48.3 Å². The fourth-order valence-corrected chi connectivity index (χ4v) is 3.25. The molecule has 3 rings (SSSR count). The minimum Gasteiger partial charge on any atom is -0.394 e. The molecule has 0 bridgehead atoms. The summed E-state index contributed by atoms with van der Waals surface area (Å²) in [5, 5.41) is 29.5. The van der Waals surface area contributed by atoms with Crippen LogP contribution in [-0.4, -0.2) is 55.3 Å². The quantitative estimate of drug-likeness (QED) is 0.613. The highest BCUT2D eigenvalue weighted by atomic mass is 16.6. The molecule has 2 aromatic rings. The lowest BCUT2D eigenvalue weighted by molar-refractivity contribution is -0.0555. The SMILES string of the molecule is CCCc1cn([C@@H]2O[C@H](CO)[C@@H](O)[C@@H]2O)c(=O)n(C(=O)c2ccccc2)c1=O. The van der Waals surface area contributed by atoms with Crippen LogP contribution in [0, 0.1) is 0 Å². The average Bonchev–Trinajstić information content (AvgIpc) is 2.99. The summed E-state index contributed by atoms with van der Waals surface area (Å²) >= 11 is 0. The highest BCUT2D eigenvalue weighted by molar-refractivity contribution is 5.95. The molecule has 0 saturated carbocycles. The Labute approximate surface area is 160 Å². The summed E-state index contributed by atoms with van der Waals surface area (Å²) < 4.78 is 6.84. The normalized spacial score (nSPS) is 24.4. The van der Waals surface area contributed by atoms with Crippen molar-refractivity contribution in [1.82, 2.24) is 9.13 Å². The Bertz CT molecular complexity index is 966. The minimum atomic E-state index is -1.51. The molecule has 1 aromatic carbocycles. The van der Waals surface area contributed by atoms with Gasteiger partial charge in [-0.25, -0.2) is 4.79 Å². The predicted octanol–water partition coefficient (Wildman–Crippen LogP) is -0.738. The highest BCUT2D eigenvalue weighted by Crippen LogP contribution is 2.28. The number of nitrogens with zero attached hydrogens (tertiary/aromatic N) is 2. The van der Waals surface area contributed by atoms with Crippen molar-refractivity contribution in [3.8, 4) is 0 Å². The Morgan fingerprint density at radius 2 is 1.82 bits per heavy atom. The number of rotatable bonds is 5. The summed E-state index contributed by atoms with van der Waals surface area (Å²) in [6.45, 7) is 1.28. The molecule has 0 unspecified atom stereocenters. The number of benzene rings is 1. The molecule has 3 N–H and O–H groups in total. The van der Waals surface area contributed by atoms with Crippen molar-refractivity contribution < 1.29 is 24.9 Å². The van der Waals surface area contributed by atoms with Crippen LogP contribution in [0.15, 0.2) is 46.1 Å². The second-order valence-corrected chi connectivity index (χ2v) is 6.63. The smallest absolute Gasteiger partial charge is 0.340 e. The van der Waals surface area contributed by atoms with Gasteiger partial charge < -0.3 is 20.1 Å². The number of ether oxygens (including phenoxy) is 1. The molecule has 0 amide bonds. The zero-order valence-electron chi connectivity index (χ0n) is 15.3. The summed E-state index contributed by atoms with van der Waals surface area (Å²) in [6.07, 6.45) is -3.23. The highest BCUT2D eigenvalue weighted by Gasteiger charge is 2.44. The van der Waals surface area contributed by atoms with Crippen LogP contribution in [0.4, 0.5) is 0 Å². The maximum absolute atomic E-state index is 13.0. The first kappa shape index (κ1) is 20.2. The van der Waals surface area contributed by atoms with E-state index in [0.717, 1.165) is 4.57 Å². The van der Waals surface area contributed by atoms with Crippen molar-refractivity contribution in [2.24, 2.45) is 0 Å². The molecule has 1 aliphatic heterocycles. The predicted molar refractivity (Wildman–Crippen MR) is 98.1 cm³/mol. The number of hydrogen-bond acceptors (Lipinski definition) is 7. The summed E-state index contributed by atoms with van der Waals surface area (Å²) in [4.78, 5) is 38.6. The van der Waals surface area contributed by atoms with E-state index >= 15 is 0 Å². The summed E-state index contributed by atoms with van der Waals surface area (Å²) in [5.74, 6) is -0.797. The molecule has 2 heterocycles. The lowest BCUT2D eigenvalue weighted by atomic mass is 10.1. The average molecular weight is 390 g/mol. The van der Waals surface area contributed by atoms with Gasteiger partial charge in [0, 0.05) is 17.3 Å². The first-order valence-corrected chi connectivity index (χ1v) is 9.00. The van der Waals surface area contributed by atoms with E-state index in [0.29, 0.717) is 17.4 Å². The monoisotopic (exact) mass is 390 g/mol. The molecule has 0 radical (unpaired) electrons. The van der Waals surface area contributed by atoms with Gasteiger partial charge in [-0.1, -0.05) is 31.5 Å². The zero-order valence-corrected chi connectivity index (χ0v) is 15.3. The Morgan fingerprint density at radius 1 is 1.14 bits per heavy atom. The number of aromatic nitrogens is 2. The van der Waals surface area contributed by atoms with E-state index in [1.54, 1.807) is 18.2 Å². The molecular weight excluding hydrogens is 368 g/mol. The largest absolute Gasteiger partial charge is 0.394 e. The van der Waals surface area contributed by atoms with Crippen LogP contribution in [0.5, 0.6) is 0 Å². The molecule has 4 atom stereocenters. The number of hydrogen-bond donors (Lipinski definition) is 3. The third-order valence-electron chi connectivity index (χ3n) is 4.72. The van der Waals surface area contributed by atoms with Gasteiger partial charge in [-0.05, 0) is 18.6 Å². The van der Waals surface area contributed by atoms with Gasteiger partial charge in [-0.15, -0.1) is 0 Å². The van der Waals surface area contributed by atoms with Gasteiger partial charge in [0.1, 0.15) is 18.3 Å². The molecule has 1 aliphatic rings. The lowest BCUT2D eigenvalue weighted by Crippen LogP contribution is -2.47. The van der Waals surface area contributed by atoms with Gasteiger partial charge in [0.05, 0.1) is 6.61 Å². The third-order valence-corrected chi connectivity index (χ3v) is 4.72. The summed E-state index contributed by atoms with van der Waals surface area (Å²) in [7, 11) is 0. The molecule has 28 heavy (non-hydrogen) atoms. The summed E-state index contributed by atoms with van der Waals surface area (Å²) in [5.41, 5.74) is -1.37. The number of aliphatic hydroxyl groups excluding tert-OH is 3. The van der Waals surface area contributed by atoms with Crippen molar-refractivity contribution in [2.45, 2.75) is 44.3 Å². The Hall–Kier alpha value is -2.59. The third kappa shape index (κ3) is 3.45. The van der Waals surface area contributed by atoms with Crippen molar-refractivity contribution >= 4 is 5.91 Å². The molecule has 9 nitrogen and oxygen atoms in total. The molecule has 9 heteroatoms. The van der Waals surface area contributed by atoms with Gasteiger partial charge in [0.25, 0.3) is 11.5 Å². The fourth-order valence-electron chi connectivity index (χ4n) is 3.25. The van der Waals surface area contributed by atoms with E-state index in [1.807, 2.05) is 6.92 Å². The molecule has 0 aliphatic carbocycles. The maximum Gasteiger partial charge on any atom is 0.340 e. The number of aryl methyl sites for hydroxylation is 1. The Morgan fingerprint density at radius 3 is 2.39 bits per heavy atom. The van der Waals surface area contributed by atoms with Gasteiger partial charge in [0.15, 0.2) is 6.23 Å². The van der Waals surface area contributed by atoms with Crippen LogP contribution in [0.3, 0.4) is 0 Å². The van der Waals surface area contributed by atoms with Crippen LogP contribution in [0.25, 0.3) is 0 Å². The van der Waals surface area contributed by atoms with E-state index in [4.69, 9.17) is 4.74 Å². The molecule has 0 spiro atoms. The lowest BCUT2D eigenvalue weighted by Gasteiger charge is -2.20. The van der Waals surface area contributed by atoms with Crippen molar-refractivity contribution in [3.63, 3.8) is 0 Å². The summed E-state index contributed by atoms with van der Waals surface area (Å²) in [6, 6.07) is 7.89. The number of carbonyl (C=O) groups is 1. The van der Waals surface area contributed by atoms with E-state index in [1.165, 1.54) is 18.3 Å². The van der Waals surface area contributed by atoms with Crippen LogP contribution in [-0.2, 0) is 11.2 Å². The first-order chi connectivity index (χ1) is 13.4. The molecule has 1 fully saturated rings. The topological polar surface area (TPSA) is 131 Å². The van der Waals surface area contributed by atoms with Gasteiger partial charge in [-0.3, -0.25) is 14.2 Å². The standard InChI is InChI=1S/C19H22N2O7/c1-2-6-12-9-20(18-15(24)14(23)13(10-22)28-18)19(27)21(17(12)26)16(25)11-7-4-3-5-8-11/h3-5,7-9,13-15,18,22-24H,2,6,10H2,1H3/t13-,14-,15+,18-/m1/s1. The molecule has 1 saturated heterocycles. The second kappa shape index (κ2) is 8.19. The van der Waals surface area contributed by atoms with Crippen molar-refractivity contribution in [2.75, 3.05) is 6.61 Å². The van der Waals surface area contributed by atoms with Gasteiger partial charge in [-0.2, -0.15) is 4.57 Å². The van der Waals surface area contributed by atoms with Gasteiger partial charge in [0.2, 0.25) is 0 Å². The number of aliphatic hydroxyl groups is 3. The van der Waals surface area contributed by atoms with Crippen LogP contribution in [0.1, 0.15) is 35.5 Å². The molecule has 150 valence electrons. The Kier molecular flexibility index (Phi) is 5.90. The molecular formula is C19H22N2O7. The van der Waals surface area contributed by atoms with E-state index in [2.05, 4.69) is 0 Å². The maximum atomic E-state index is 13.0.